The van der Waals surface area contributed by atoms with Crippen LogP contribution in [0.5, 0.6) is 0 Å². The van der Waals surface area contributed by atoms with Crippen LogP contribution in [-0.4, -0.2) is 38.9 Å². The first-order valence-electron chi connectivity index (χ1n) is 11.6. The quantitative estimate of drug-likeness (QED) is 0.173. The summed E-state index contributed by atoms with van der Waals surface area (Å²) in [6.07, 6.45) is 2.71. The van der Waals surface area contributed by atoms with Gasteiger partial charge in [-0.1, -0.05) is 49.7 Å². The topological polar surface area (TPSA) is 122 Å². The van der Waals surface area contributed by atoms with Gasteiger partial charge in [0.1, 0.15) is 10.6 Å². The molecule has 0 aliphatic rings. The lowest BCUT2D eigenvalue weighted by Crippen LogP contribution is -2.18. The van der Waals surface area contributed by atoms with Gasteiger partial charge in [-0.2, -0.15) is 8.42 Å². The van der Waals surface area contributed by atoms with Crippen molar-refractivity contribution < 1.29 is 30.6 Å². The largest absolute Gasteiger partial charge is 0.465 e. The number of pyridine rings is 1. The summed E-state index contributed by atoms with van der Waals surface area (Å²) in [4.78, 5) is 16.2. The number of methoxy groups -OCH3 is 1. The molecule has 0 fully saturated rings. The normalized spacial score (nSPS) is 12.6. The molecule has 38 heavy (non-hydrogen) atoms. The second-order valence-corrected chi connectivity index (χ2v) is 12.2. The average Bonchev–Trinajstić information content (AvgIpc) is 3.28. The van der Waals surface area contributed by atoms with Crippen molar-refractivity contribution in [3.05, 3.63) is 95.8 Å². The Hall–Kier alpha value is -3.96. The van der Waals surface area contributed by atoms with Crippen molar-refractivity contribution in [2.75, 3.05) is 7.11 Å². The fourth-order valence-electron chi connectivity index (χ4n) is 3.74. The molecule has 0 amide bonds. The lowest BCUT2D eigenvalue weighted by molar-refractivity contribution is 0.0600. The van der Waals surface area contributed by atoms with Crippen molar-refractivity contribution in [2.24, 2.45) is 5.92 Å². The molecule has 0 aliphatic carbocycles. The molecule has 0 aliphatic heterocycles. The summed E-state index contributed by atoms with van der Waals surface area (Å²) >= 11 is 0. The maximum atomic E-state index is 13.9. The van der Waals surface area contributed by atoms with Gasteiger partial charge in [0, 0.05) is 11.6 Å². The van der Waals surface area contributed by atoms with Crippen molar-refractivity contribution in [1.82, 2.24) is 8.96 Å². The molecule has 0 unspecified atom stereocenters. The van der Waals surface area contributed by atoms with Gasteiger partial charge in [0.2, 0.25) is 0 Å². The van der Waals surface area contributed by atoms with Crippen molar-refractivity contribution in [2.45, 2.75) is 30.6 Å². The number of fused-ring (bicyclic) bond motifs is 1. The van der Waals surface area contributed by atoms with Crippen LogP contribution in [0.4, 0.5) is 0 Å². The molecule has 0 saturated heterocycles. The minimum Gasteiger partial charge on any atom is -0.465 e. The minimum absolute atomic E-state index is 0.0116. The van der Waals surface area contributed by atoms with Crippen molar-refractivity contribution in [3.63, 3.8) is 0 Å². The molecule has 0 atom stereocenters. The molecule has 0 spiro atoms. The zero-order valence-corrected chi connectivity index (χ0v) is 22.8. The van der Waals surface area contributed by atoms with Gasteiger partial charge in [-0.15, -0.1) is 0 Å². The number of benzene rings is 2. The summed E-state index contributed by atoms with van der Waals surface area (Å²) in [5.41, 5.74) is 0.886. The van der Waals surface area contributed by atoms with Crippen LogP contribution in [0.1, 0.15) is 35.5 Å². The molecule has 9 nitrogen and oxygen atoms in total. The minimum atomic E-state index is -4.33. The average molecular weight is 555 g/mol. The van der Waals surface area contributed by atoms with E-state index in [0.29, 0.717) is 0 Å². The molecule has 2 heterocycles. The number of nitrogens with zero attached hydrogens (tertiary/aromatic N) is 2. The molecule has 0 saturated carbocycles. The maximum absolute atomic E-state index is 13.9. The number of carbonyl (C=O) groups is 1. The Bertz CT molecular complexity index is 1740. The maximum Gasteiger partial charge on any atom is 0.339 e. The fourth-order valence-corrected chi connectivity index (χ4v) is 6.18. The smallest absolute Gasteiger partial charge is 0.339 e. The number of rotatable bonds is 8. The fraction of sp³-hybridized carbons (Fsp3) is 0.185. The summed E-state index contributed by atoms with van der Waals surface area (Å²) in [6, 6.07) is 16.6. The first-order valence-corrected chi connectivity index (χ1v) is 14.4. The van der Waals surface area contributed by atoms with Crippen molar-refractivity contribution >= 4 is 42.9 Å². The zero-order valence-electron chi connectivity index (χ0n) is 21.2. The highest BCUT2D eigenvalue weighted by Gasteiger charge is 2.29. The highest BCUT2D eigenvalue weighted by atomic mass is 32.2. The molecular formula is C27H26N2O7S2. The van der Waals surface area contributed by atoms with Crippen LogP contribution in [0, 0.1) is 12.8 Å². The van der Waals surface area contributed by atoms with E-state index >= 15 is 0 Å². The predicted molar refractivity (Wildman–Crippen MR) is 142 cm³/mol. The molecule has 198 valence electrons. The first kappa shape index (κ1) is 27.1. The van der Waals surface area contributed by atoms with Crippen molar-refractivity contribution in [1.29, 1.82) is 0 Å². The number of hydrogen-bond donors (Lipinski definition) is 0. The summed E-state index contributed by atoms with van der Waals surface area (Å²) in [5.74, 6) is -1.07. The molecule has 0 radical (unpaired) electrons. The SMILES string of the molecule is COC(=O)c1cnc2c(c1)cc(/C(=C/C(C)C)OS(=O)(=O)c1ccc(C)cc1)n2S(=O)(=O)c1ccccc1. The van der Waals surface area contributed by atoms with Crippen LogP contribution in [0.2, 0.25) is 0 Å². The Morgan fingerprint density at radius 1 is 0.947 bits per heavy atom. The van der Waals surface area contributed by atoms with Gasteiger partial charge in [-0.3, -0.25) is 0 Å². The Labute approximate surface area is 221 Å². The Morgan fingerprint density at radius 2 is 1.61 bits per heavy atom. The van der Waals surface area contributed by atoms with E-state index in [9.17, 15) is 21.6 Å². The van der Waals surface area contributed by atoms with Crippen LogP contribution in [-0.2, 0) is 29.1 Å². The highest BCUT2D eigenvalue weighted by Crippen LogP contribution is 2.32. The zero-order chi connectivity index (χ0) is 27.7. The van der Waals surface area contributed by atoms with Gasteiger partial charge in [0.25, 0.3) is 10.0 Å². The number of allylic oxidation sites excluding steroid dienone is 1. The molecule has 2 aromatic carbocycles. The number of esters is 1. The Balaban J connectivity index is 1.99. The van der Waals surface area contributed by atoms with Gasteiger partial charge < -0.3 is 8.92 Å². The highest BCUT2D eigenvalue weighted by molar-refractivity contribution is 7.90. The molecule has 2 aromatic heterocycles. The Kier molecular flexibility index (Phi) is 7.43. The van der Waals surface area contributed by atoms with Crippen molar-refractivity contribution in [3.8, 4) is 0 Å². The third kappa shape index (κ3) is 5.34. The van der Waals surface area contributed by atoms with E-state index in [1.807, 2.05) is 6.92 Å². The Morgan fingerprint density at radius 3 is 2.21 bits per heavy atom. The monoisotopic (exact) mass is 554 g/mol. The van der Waals surface area contributed by atoms with Crippen LogP contribution in [0.3, 0.4) is 0 Å². The third-order valence-electron chi connectivity index (χ3n) is 5.55. The predicted octanol–water partition coefficient (Wildman–Crippen LogP) is 4.77. The van der Waals surface area contributed by atoms with E-state index in [0.717, 1.165) is 9.54 Å². The van der Waals surface area contributed by atoms with E-state index in [-0.39, 0.29) is 43.8 Å². The van der Waals surface area contributed by atoms with E-state index in [1.165, 1.54) is 55.8 Å². The molecule has 11 heteroatoms. The van der Waals surface area contributed by atoms with Crippen LogP contribution < -0.4 is 0 Å². The molecule has 0 N–H and O–H groups in total. The number of ether oxygens (including phenoxy) is 1. The number of aryl methyl sites for hydroxylation is 1. The second kappa shape index (κ2) is 10.4. The standard InChI is InChI=1S/C27H26N2O7S2/c1-18(2)14-25(36-38(33,34)23-12-10-19(3)11-13-23)24-16-20-15-21(27(30)35-4)17-28-26(20)29(24)37(31,32)22-8-6-5-7-9-22/h5-18H,1-4H3/b25-14-. The van der Waals surface area contributed by atoms with Gasteiger partial charge in [-0.25, -0.2) is 22.2 Å². The lowest BCUT2D eigenvalue weighted by atomic mass is 10.1. The summed E-state index contributed by atoms with van der Waals surface area (Å²) in [7, 11) is -7.39. The number of hydrogen-bond acceptors (Lipinski definition) is 8. The third-order valence-corrected chi connectivity index (χ3v) is 8.51. The molecule has 0 bridgehead atoms. The summed E-state index contributed by atoms with van der Waals surface area (Å²) in [5, 5.41) is 0.272. The summed E-state index contributed by atoms with van der Waals surface area (Å²) < 4.78 is 65.5. The number of aromatic nitrogens is 2. The van der Waals surface area contributed by atoms with E-state index in [2.05, 4.69) is 4.98 Å². The van der Waals surface area contributed by atoms with Crippen LogP contribution in [0.25, 0.3) is 16.8 Å². The van der Waals surface area contributed by atoms with E-state index < -0.39 is 26.1 Å². The van der Waals surface area contributed by atoms with Gasteiger partial charge in [-0.05, 0) is 55.3 Å². The van der Waals surface area contributed by atoms with Crippen LogP contribution in [0.15, 0.2) is 88.8 Å². The first-order chi connectivity index (χ1) is 17.9. The van der Waals surface area contributed by atoms with Gasteiger partial charge >= 0.3 is 16.1 Å². The molecular weight excluding hydrogens is 528 g/mol. The lowest BCUT2D eigenvalue weighted by Gasteiger charge is -2.16. The van der Waals surface area contributed by atoms with Crippen LogP contribution >= 0.6 is 0 Å². The van der Waals surface area contributed by atoms with Gasteiger partial charge in [0.15, 0.2) is 11.4 Å². The summed E-state index contributed by atoms with van der Waals surface area (Å²) in [6.45, 7) is 5.42. The molecule has 4 rings (SSSR count). The number of carbonyl (C=O) groups excluding carboxylic acids is 1. The van der Waals surface area contributed by atoms with E-state index in [4.69, 9.17) is 8.92 Å². The van der Waals surface area contributed by atoms with Gasteiger partial charge in [0.05, 0.1) is 17.6 Å². The second-order valence-electron chi connectivity index (χ2n) is 8.87. The van der Waals surface area contributed by atoms with E-state index in [1.54, 1.807) is 44.2 Å². The molecule has 4 aromatic rings.